The lowest BCUT2D eigenvalue weighted by molar-refractivity contribution is -0.0208. The summed E-state index contributed by atoms with van der Waals surface area (Å²) in [5, 5.41) is 10.8. The maximum absolute atomic E-state index is 10.8. The van der Waals surface area contributed by atoms with Crippen molar-refractivity contribution in [2.45, 2.75) is 51.0 Å². The molecular formula is C15H23NO2. The molecule has 0 aliphatic heterocycles. The van der Waals surface area contributed by atoms with Crippen molar-refractivity contribution in [2.75, 3.05) is 7.11 Å². The molecular weight excluding hydrogens is 226 g/mol. The lowest BCUT2D eigenvalue weighted by atomic mass is 9.75. The van der Waals surface area contributed by atoms with E-state index < -0.39 is 5.60 Å². The zero-order valence-corrected chi connectivity index (χ0v) is 11.4. The summed E-state index contributed by atoms with van der Waals surface area (Å²) in [6, 6.07) is 3.72. The molecule has 3 nitrogen and oxygen atoms in total. The van der Waals surface area contributed by atoms with Gasteiger partial charge >= 0.3 is 0 Å². The predicted octanol–water partition coefficient (Wildman–Crippen LogP) is 3.27. The highest BCUT2D eigenvalue weighted by atomic mass is 16.5. The molecule has 0 bridgehead atoms. The van der Waals surface area contributed by atoms with E-state index in [4.69, 9.17) is 4.74 Å². The zero-order chi connectivity index (χ0) is 13.0. The van der Waals surface area contributed by atoms with Crippen LogP contribution in [0.4, 0.5) is 0 Å². The first-order chi connectivity index (χ1) is 8.69. The minimum Gasteiger partial charge on any atom is -0.495 e. The first-order valence-corrected chi connectivity index (χ1v) is 6.91. The zero-order valence-electron chi connectivity index (χ0n) is 11.4. The minimum absolute atomic E-state index is 0.703. The van der Waals surface area contributed by atoms with Crippen LogP contribution in [0.5, 0.6) is 5.75 Å². The van der Waals surface area contributed by atoms with Gasteiger partial charge in [0.25, 0.3) is 0 Å². The van der Waals surface area contributed by atoms with E-state index in [1.54, 1.807) is 13.3 Å². The van der Waals surface area contributed by atoms with Crippen molar-refractivity contribution in [1.29, 1.82) is 0 Å². The quantitative estimate of drug-likeness (QED) is 0.890. The summed E-state index contributed by atoms with van der Waals surface area (Å²) < 4.78 is 5.32. The van der Waals surface area contributed by atoms with Gasteiger partial charge in [-0.3, -0.25) is 4.98 Å². The predicted molar refractivity (Wildman–Crippen MR) is 71.6 cm³/mol. The highest BCUT2D eigenvalue weighted by Gasteiger charge is 2.37. The van der Waals surface area contributed by atoms with E-state index in [0.717, 1.165) is 31.6 Å². The van der Waals surface area contributed by atoms with Gasteiger partial charge in [-0.25, -0.2) is 0 Å². The van der Waals surface area contributed by atoms with E-state index >= 15 is 0 Å². The van der Waals surface area contributed by atoms with Gasteiger partial charge in [0.1, 0.15) is 17.0 Å². The van der Waals surface area contributed by atoms with Gasteiger partial charge in [-0.2, -0.15) is 0 Å². The van der Waals surface area contributed by atoms with Crippen LogP contribution < -0.4 is 4.74 Å². The highest BCUT2D eigenvalue weighted by molar-refractivity contribution is 5.32. The largest absolute Gasteiger partial charge is 0.495 e. The Kier molecular flexibility index (Phi) is 4.23. The van der Waals surface area contributed by atoms with Crippen LogP contribution in [0.3, 0.4) is 0 Å². The van der Waals surface area contributed by atoms with Crippen molar-refractivity contribution < 1.29 is 9.84 Å². The van der Waals surface area contributed by atoms with Crippen molar-refractivity contribution >= 4 is 0 Å². The molecule has 1 aromatic rings. The third-order valence-corrected chi connectivity index (χ3v) is 4.06. The molecule has 0 spiro atoms. The number of aliphatic hydroxyl groups is 1. The van der Waals surface area contributed by atoms with E-state index in [1.165, 1.54) is 12.8 Å². The fourth-order valence-corrected chi connectivity index (χ4v) is 2.99. The summed E-state index contributed by atoms with van der Waals surface area (Å²) in [5.74, 6) is 1.47. The molecule has 0 atom stereocenters. The lowest BCUT2D eigenvalue weighted by Crippen LogP contribution is -2.32. The fourth-order valence-electron chi connectivity index (χ4n) is 2.99. The van der Waals surface area contributed by atoms with Crippen LogP contribution in [0.25, 0.3) is 0 Å². The summed E-state index contributed by atoms with van der Waals surface area (Å²) in [5.41, 5.74) is -0.0842. The third-order valence-electron chi connectivity index (χ3n) is 4.06. The van der Waals surface area contributed by atoms with E-state index in [2.05, 4.69) is 11.9 Å². The van der Waals surface area contributed by atoms with E-state index in [-0.39, 0.29) is 0 Å². The van der Waals surface area contributed by atoms with Gasteiger partial charge in [0, 0.05) is 6.20 Å². The third kappa shape index (κ3) is 2.66. The fraction of sp³-hybridized carbons (Fsp3) is 0.667. The first kappa shape index (κ1) is 13.3. The van der Waals surface area contributed by atoms with Gasteiger partial charge < -0.3 is 9.84 Å². The Labute approximate surface area is 109 Å². The van der Waals surface area contributed by atoms with Crippen molar-refractivity contribution in [2.24, 2.45) is 5.92 Å². The molecule has 0 radical (unpaired) electrons. The maximum atomic E-state index is 10.8. The molecule has 0 amide bonds. The van der Waals surface area contributed by atoms with Crippen LogP contribution in [0, 0.1) is 5.92 Å². The molecule has 18 heavy (non-hydrogen) atoms. The summed E-state index contributed by atoms with van der Waals surface area (Å²) in [4.78, 5) is 4.34. The SMILES string of the molecule is CCCC1CCC(O)(c2ncccc2OC)CC1. The summed E-state index contributed by atoms with van der Waals surface area (Å²) >= 11 is 0. The van der Waals surface area contributed by atoms with Gasteiger partial charge in [-0.1, -0.05) is 19.8 Å². The van der Waals surface area contributed by atoms with Crippen molar-refractivity contribution in [3.63, 3.8) is 0 Å². The molecule has 1 aliphatic rings. The standard InChI is InChI=1S/C15H23NO2/c1-3-5-12-7-9-15(17,10-8-12)14-13(18-2)6-4-11-16-14/h4,6,11-12,17H,3,5,7-10H2,1-2H3. The van der Waals surface area contributed by atoms with Crippen molar-refractivity contribution in [3.8, 4) is 5.75 Å². The normalized spacial score (nSPS) is 28.1. The molecule has 0 aromatic carbocycles. The molecule has 0 saturated heterocycles. The van der Waals surface area contributed by atoms with Crippen LogP contribution in [0.2, 0.25) is 0 Å². The second kappa shape index (κ2) is 5.70. The summed E-state index contributed by atoms with van der Waals surface area (Å²) in [6.45, 7) is 2.22. The van der Waals surface area contributed by atoms with E-state index in [1.807, 2.05) is 12.1 Å². The second-order valence-corrected chi connectivity index (χ2v) is 5.32. The van der Waals surface area contributed by atoms with Crippen LogP contribution in [-0.2, 0) is 5.60 Å². The number of rotatable bonds is 4. The van der Waals surface area contributed by atoms with Crippen LogP contribution in [0.15, 0.2) is 18.3 Å². The molecule has 100 valence electrons. The van der Waals surface area contributed by atoms with Crippen LogP contribution in [0.1, 0.15) is 51.1 Å². The van der Waals surface area contributed by atoms with Gasteiger partial charge in [-0.05, 0) is 43.7 Å². The molecule has 1 heterocycles. The lowest BCUT2D eigenvalue weighted by Gasteiger charge is -2.36. The first-order valence-electron chi connectivity index (χ1n) is 6.91. The second-order valence-electron chi connectivity index (χ2n) is 5.32. The Morgan fingerprint density at radius 1 is 1.44 bits per heavy atom. The Hall–Kier alpha value is -1.09. The minimum atomic E-state index is -0.795. The average molecular weight is 249 g/mol. The highest BCUT2D eigenvalue weighted by Crippen LogP contribution is 2.42. The molecule has 2 rings (SSSR count). The van der Waals surface area contributed by atoms with Crippen molar-refractivity contribution in [3.05, 3.63) is 24.0 Å². The van der Waals surface area contributed by atoms with Crippen LogP contribution >= 0.6 is 0 Å². The number of ether oxygens (including phenoxy) is 1. The Balaban J connectivity index is 2.13. The Bertz CT molecular complexity index is 384. The van der Waals surface area contributed by atoms with Gasteiger partial charge in [0.15, 0.2) is 0 Å². The van der Waals surface area contributed by atoms with Gasteiger partial charge in [-0.15, -0.1) is 0 Å². The van der Waals surface area contributed by atoms with E-state index in [0.29, 0.717) is 11.4 Å². The number of nitrogens with zero attached hydrogens (tertiary/aromatic N) is 1. The Morgan fingerprint density at radius 3 is 2.78 bits per heavy atom. The molecule has 3 heteroatoms. The number of aromatic nitrogens is 1. The number of hydrogen-bond donors (Lipinski definition) is 1. The summed E-state index contributed by atoms with van der Waals surface area (Å²) in [6.07, 6.45) is 8.00. The van der Waals surface area contributed by atoms with Gasteiger partial charge in [0.05, 0.1) is 7.11 Å². The van der Waals surface area contributed by atoms with E-state index in [9.17, 15) is 5.11 Å². The molecule has 1 saturated carbocycles. The molecule has 1 N–H and O–H groups in total. The molecule has 1 aliphatic carbocycles. The monoisotopic (exact) mass is 249 g/mol. The average Bonchev–Trinajstić information content (AvgIpc) is 2.42. The smallest absolute Gasteiger partial charge is 0.143 e. The summed E-state index contributed by atoms with van der Waals surface area (Å²) in [7, 11) is 1.63. The maximum Gasteiger partial charge on any atom is 0.143 e. The number of hydrogen-bond acceptors (Lipinski definition) is 3. The molecule has 0 unspecified atom stereocenters. The number of pyridine rings is 1. The molecule has 1 fully saturated rings. The van der Waals surface area contributed by atoms with Gasteiger partial charge in [0.2, 0.25) is 0 Å². The van der Waals surface area contributed by atoms with Crippen LogP contribution in [-0.4, -0.2) is 17.2 Å². The number of methoxy groups -OCH3 is 1. The topological polar surface area (TPSA) is 42.4 Å². The Morgan fingerprint density at radius 2 is 2.17 bits per heavy atom. The molecule has 1 aromatic heterocycles. The van der Waals surface area contributed by atoms with Crippen molar-refractivity contribution in [1.82, 2.24) is 4.98 Å².